The number of hydrogen-bond donors (Lipinski definition) is 1. The van der Waals surface area contributed by atoms with E-state index in [1.54, 1.807) is 18.3 Å². The second-order valence-corrected chi connectivity index (χ2v) is 5.47. The van der Waals surface area contributed by atoms with E-state index >= 15 is 0 Å². The lowest BCUT2D eigenvalue weighted by molar-refractivity contribution is 0.0693. The zero-order chi connectivity index (χ0) is 15.5. The number of carboxylic acid groups (broad SMARTS) is 1. The summed E-state index contributed by atoms with van der Waals surface area (Å²) in [5.74, 6) is -0.0296. The Balaban J connectivity index is 1.83. The van der Waals surface area contributed by atoms with Crippen molar-refractivity contribution >= 4 is 5.97 Å². The number of aromatic carboxylic acids is 1. The highest BCUT2D eigenvalue weighted by Gasteiger charge is 2.18. The van der Waals surface area contributed by atoms with Gasteiger partial charge in [0.2, 0.25) is 0 Å². The van der Waals surface area contributed by atoms with E-state index in [9.17, 15) is 9.90 Å². The summed E-state index contributed by atoms with van der Waals surface area (Å²) in [6.07, 6.45) is 1.63. The van der Waals surface area contributed by atoms with Crippen molar-refractivity contribution in [1.82, 2.24) is 9.88 Å². The molecular formula is C17H18N2O3. The number of pyridine rings is 1. The van der Waals surface area contributed by atoms with Gasteiger partial charge in [0.15, 0.2) is 0 Å². The van der Waals surface area contributed by atoms with E-state index in [-0.39, 0.29) is 5.56 Å². The number of rotatable bonds is 3. The summed E-state index contributed by atoms with van der Waals surface area (Å²) in [6, 6.07) is 9.39. The van der Waals surface area contributed by atoms with Gasteiger partial charge in [0.1, 0.15) is 12.4 Å². The number of hydrogen-bond acceptors (Lipinski definition) is 4. The third-order valence-electron chi connectivity index (χ3n) is 3.77. The first kappa shape index (κ1) is 14.5. The lowest BCUT2D eigenvalue weighted by Gasteiger charge is -2.19. The molecule has 0 bridgehead atoms. The van der Waals surface area contributed by atoms with Crippen LogP contribution in [-0.4, -0.2) is 34.1 Å². The van der Waals surface area contributed by atoms with Crippen LogP contribution in [0.4, 0.5) is 0 Å². The standard InChI is InChI=1S/C17H18N2O3/c1-12-4-5-16-13(9-12)10-19(7-8-22-16)11-15-14(17(20)21)3-2-6-18-15/h2-6,9H,7-8,10-11H2,1H3,(H,20,21). The summed E-state index contributed by atoms with van der Waals surface area (Å²) in [5.41, 5.74) is 3.17. The lowest BCUT2D eigenvalue weighted by atomic mass is 10.1. The summed E-state index contributed by atoms with van der Waals surface area (Å²) in [5, 5.41) is 9.26. The number of benzene rings is 1. The highest BCUT2D eigenvalue weighted by molar-refractivity contribution is 5.88. The minimum absolute atomic E-state index is 0.261. The van der Waals surface area contributed by atoms with Crippen molar-refractivity contribution in [2.24, 2.45) is 0 Å². The third-order valence-corrected chi connectivity index (χ3v) is 3.77. The van der Waals surface area contributed by atoms with Crippen molar-refractivity contribution in [3.8, 4) is 5.75 Å². The molecule has 0 fully saturated rings. The van der Waals surface area contributed by atoms with Crippen LogP contribution in [-0.2, 0) is 13.1 Å². The van der Waals surface area contributed by atoms with Gasteiger partial charge in [-0.15, -0.1) is 0 Å². The Hall–Kier alpha value is -2.40. The normalized spacial score (nSPS) is 14.8. The molecule has 0 saturated heterocycles. The molecule has 0 spiro atoms. The van der Waals surface area contributed by atoms with Gasteiger partial charge >= 0.3 is 5.97 Å². The van der Waals surface area contributed by atoms with Gasteiger partial charge in [-0.3, -0.25) is 9.88 Å². The average molecular weight is 298 g/mol. The molecule has 1 aromatic carbocycles. The Bertz CT molecular complexity index is 700. The molecule has 1 aromatic heterocycles. The molecule has 2 heterocycles. The summed E-state index contributed by atoms with van der Waals surface area (Å²) >= 11 is 0. The van der Waals surface area contributed by atoms with Gasteiger partial charge in [-0.1, -0.05) is 17.7 Å². The molecule has 22 heavy (non-hydrogen) atoms. The zero-order valence-electron chi connectivity index (χ0n) is 12.5. The second-order valence-electron chi connectivity index (χ2n) is 5.47. The first-order valence-corrected chi connectivity index (χ1v) is 7.25. The average Bonchev–Trinajstić information content (AvgIpc) is 2.68. The number of carboxylic acids is 1. The van der Waals surface area contributed by atoms with Crippen LogP contribution in [0.1, 0.15) is 27.2 Å². The van der Waals surface area contributed by atoms with Gasteiger partial charge in [0, 0.05) is 31.4 Å². The fraction of sp³-hybridized carbons (Fsp3) is 0.294. The van der Waals surface area contributed by atoms with Crippen molar-refractivity contribution in [2.75, 3.05) is 13.2 Å². The van der Waals surface area contributed by atoms with Crippen molar-refractivity contribution in [1.29, 1.82) is 0 Å². The van der Waals surface area contributed by atoms with Crippen molar-refractivity contribution in [3.63, 3.8) is 0 Å². The molecule has 0 radical (unpaired) electrons. The van der Waals surface area contributed by atoms with Gasteiger partial charge in [-0.05, 0) is 25.1 Å². The predicted molar refractivity (Wildman–Crippen MR) is 82.0 cm³/mol. The van der Waals surface area contributed by atoms with Gasteiger partial charge in [-0.2, -0.15) is 0 Å². The molecule has 0 amide bonds. The minimum atomic E-state index is -0.939. The summed E-state index contributed by atoms with van der Waals surface area (Å²) in [6.45, 7) is 4.61. The minimum Gasteiger partial charge on any atom is -0.492 e. The Morgan fingerprint density at radius 1 is 1.41 bits per heavy atom. The summed E-state index contributed by atoms with van der Waals surface area (Å²) in [7, 11) is 0. The first-order chi connectivity index (χ1) is 10.6. The van der Waals surface area contributed by atoms with Crippen molar-refractivity contribution < 1.29 is 14.6 Å². The fourth-order valence-corrected chi connectivity index (χ4v) is 2.68. The van der Waals surface area contributed by atoms with Crippen molar-refractivity contribution in [2.45, 2.75) is 20.0 Å². The molecule has 3 rings (SSSR count). The van der Waals surface area contributed by atoms with E-state index in [2.05, 4.69) is 22.9 Å². The molecule has 114 valence electrons. The Kier molecular flexibility index (Phi) is 4.06. The molecule has 2 aromatic rings. The van der Waals surface area contributed by atoms with Gasteiger partial charge in [-0.25, -0.2) is 4.79 Å². The SMILES string of the molecule is Cc1ccc2c(c1)CN(Cc1ncccc1C(=O)O)CCO2. The highest BCUT2D eigenvalue weighted by Crippen LogP contribution is 2.25. The van der Waals surface area contributed by atoms with E-state index in [1.807, 2.05) is 12.1 Å². The van der Waals surface area contributed by atoms with E-state index in [1.165, 1.54) is 5.56 Å². The number of nitrogens with zero attached hydrogens (tertiary/aromatic N) is 2. The van der Waals surface area contributed by atoms with E-state index in [0.717, 1.165) is 24.4 Å². The maximum absolute atomic E-state index is 11.3. The van der Waals surface area contributed by atoms with Gasteiger partial charge in [0.05, 0.1) is 11.3 Å². The maximum atomic E-state index is 11.3. The molecule has 5 heteroatoms. The monoisotopic (exact) mass is 298 g/mol. The van der Waals surface area contributed by atoms with Gasteiger partial charge in [0.25, 0.3) is 0 Å². The van der Waals surface area contributed by atoms with E-state index in [0.29, 0.717) is 18.8 Å². The number of carbonyl (C=O) groups is 1. The quantitative estimate of drug-likeness (QED) is 0.943. The fourth-order valence-electron chi connectivity index (χ4n) is 2.68. The number of ether oxygens (including phenoxy) is 1. The van der Waals surface area contributed by atoms with Crippen LogP contribution in [0.25, 0.3) is 0 Å². The first-order valence-electron chi connectivity index (χ1n) is 7.25. The van der Waals surface area contributed by atoms with Crippen molar-refractivity contribution in [3.05, 3.63) is 58.9 Å². The molecule has 0 saturated carbocycles. The lowest BCUT2D eigenvalue weighted by Crippen LogP contribution is -2.26. The van der Waals surface area contributed by atoms with Crippen LogP contribution in [0.3, 0.4) is 0 Å². The van der Waals surface area contributed by atoms with Crippen LogP contribution in [0.2, 0.25) is 0 Å². The number of aryl methyl sites for hydroxylation is 1. The van der Waals surface area contributed by atoms with Crippen LogP contribution < -0.4 is 4.74 Å². The topological polar surface area (TPSA) is 62.7 Å². The molecule has 1 N–H and O–H groups in total. The molecule has 1 aliphatic heterocycles. The summed E-state index contributed by atoms with van der Waals surface area (Å²) < 4.78 is 5.77. The predicted octanol–water partition coefficient (Wildman–Crippen LogP) is 2.48. The van der Waals surface area contributed by atoms with Crippen LogP contribution in [0.5, 0.6) is 5.75 Å². The molecule has 1 aliphatic rings. The molecular weight excluding hydrogens is 280 g/mol. The molecule has 5 nitrogen and oxygen atoms in total. The maximum Gasteiger partial charge on any atom is 0.337 e. The smallest absolute Gasteiger partial charge is 0.337 e. The largest absolute Gasteiger partial charge is 0.492 e. The molecule has 0 atom stereocenters. The Morgan fingerprint density at radius 2 is 2.27 bits per heavy atom. The third kappa shape index (κ3) is 3.09. The Morgan fingerprint density at radius 3 is 3.09 bits per heavy atom. The van der Waals surface area contributed by atoms with E-state index in [4.69, 9.17) is 4.74 Å². The summed E-state index contributed by atoms with van der Waals surface area (Å²) in [4.78, 5) is 17.7. The number of fused-ring (bicyclic) bond motifs is 1. The highest BCUT2D eigenvalue weighted by atomic mass is 16.5. The second kappa shape index (κ2) is 6.15. The van der Waals surface area contributed by atoms with Gasteiger partial charge < -0.3 is 9.84 Å². The van der Waals surface area contributed by atoms with Crippen LogP contribution >= 0.6 is 0 Å². The Labute approximate surface area is 129 Å². The van der Waals surface area contributed by atoms with Crippen LogP contribution in [0, 0.1) is 6.92 Å². The number of aromatic nitrogens is 1. The van der Waals surface area contributed by atoms with E-state index < -0.39 is 5.97 Å². The zero-order valence-corrected chi connectivity index (χ0v) is 12.5. The molecule has 0 unspecified atom stereocenters. The molecule has 0 aliphatic carbocycles. The van der Waals surface area contributed by atoms with Crippen LogP contribution in [0.15, 0.2) is 36.5 Å².